The van der Waals surface area contributed by atoms with E-state index in [-0.39, 0.29) is 12.0 Å². The molecule has 2 aromatic carbocycles. The Labute approximate surface area is 141 Å². The third-order valence-electron chi connectivity index (χ3n) is 3.92. The molecule has 1 saturated heterocycles. The number of para-hydroxylation sites is 1. The maximum Gasteiger partial charge on any atom is 0.259 e. The number of rotatable bonds is 6. The smallest absolute Gasteiger partial charge is 0.259 e. The molecule has 1 aliphatic heterocycles. The van der Waals surface area contributed by atoms with E-state index >= 15 is 0 Å². The summed E-state index contributed by atoms with van der Waals surface area (Å²) in [5, 5.41) is 2.86. The van der Waals surface area contributed by atoms with Crippen molar-refractivity contribution in [3.05, 3.63) is 54.1 Å². The SMILES string of the molecule is COc1ccccc1C(=O)Nc1ccc(OCC2CCCO2)cc1. The van der Waals surface area contributed by atoms with E-state index in [1.165, 1.54) is 0 Å². The Balaban J connectivity index is 1.58. The molecule has 0 radical (unpaired) electrons. The van der Waals surface area contributed by atoms with Gasteiger partial charge in [-0.15, -0.1) is 0 Å². The first-order valence-electron chi connectivity index (χ1n) is 8.05. The zero-order valence-electron chi connectivity index (χ0n) is 13.7. The van der Waals surface area contributed by atoms with Crippen molar-refractivity contribution < 1.29 is 19.0 Å². The van der Waals surface area contributed by atoms with E-state index in [4.69, 9.17) is 14.2 Å². The van der Waals surface area contributed by atoms with Gasteiger partial charge in [-0.1, -0.05) is 12.1 Å². The molecule has 5 nitrogen and oxygen atoms in total. The number of hydrogen-bond donors (Lipinski definition) is 1. The Morgan fingerprint density at radius 3 is 2.71 bits per heavy atom. The van der Waals surface area contributed by atoms with Crippen LogP contribution in [-0.4, -0.2) is 32.3 Å². The molecule has 3 rings (SSSR count). The monoisotopic (exact) mass is 327 g/mol. The third kappa shape index (κ3) is 4.06. The van der Waals surface area contributed by atoms with Gasteiger partial charge >= 0.3 is 0 Å². The Kier molecular flexibility index (Phi) is 5.33. The summed E-state index contributed by atoms with van der Waals surface area (Å²) >= 11 is 0. The van der Waals surface area contributed by atoms with Crippen LogP contribution in [0, 0.1) is 0 Å². The van der Waals surface area contributed by atoms with E-state index in [0.717, 1.165) is 25.2 Å². The molecule has 2 aromatic rings. The number of methoxy groups -OCH3 is 1. The number of ether oxygens (including phenoxy) is 3. The minimum atomic E-state index is -0.208. The van der Waals surface area contributed by atoms with Gasteiger partial charge in [-0.2, -0.15) is 0 Å². The third-order valence-corrected chi connectivity index (χ3v) is 3.92. The van der Waals surface area contributed by atoms with Gasteiger partial charge in [0.05, 0.1) is 18.8 Å². The van der Waals surface area contributed by atoms with E-state index in [1.54, 1.807) is 25.3 Å². The molecule has 1 atom stereocenters. The van der Waals surface area contributed by atoms with Crippen LogP contribution in [-0.2, 0) is 4.74 Å². The number of benzene rings is 2. The van der Waals surface area contributed by atoms with E-state index in [9.17, 15) is 4.79 Å². The molecule has 0 saturated carbocycles. The lowest BCUT2D eigenvalue weighted by atomic mass is 10.2. The lowest BCUT2D eigenvalue weighted by Crippen LogP contribution is -2.16. The van der Waals surface area contributed by atoms with Crippen LogP contribution in [0.15, 0.2) is 48.5 Å². The zero-order valence-corrected chi connectivity index (χ0v) is 13.7. The normalized spacial score (nSPS) is 16.6. The van der Waals surface area contributed by atoms with Crippen molar-refractivity contribution in [2.45, 2.75) is 18.9 Å². The topological polar surface area (TPSA) is 56.8 Å². The summed E-state index contributed by atoms with van der Waals surface area (Å²) in [5.74, 6) is 1.10. The predicted octanol–water partition coefficient (Wildman–Crippen LogP) is 3.51. The molecular formula is C19H21NO4. The summed E-state index contributed by atoms with van der Waals surface area (Å²) in [4.78, 5) is 12.3. The number of hydrogen-bond acceptors (Lipinski definition) is 4. The molecule has 0 aliphatic carbocycles. The summed E-state index contributed by atoms with van der Waals surface area (Å²) in [6.07, 6.45) is 2.34. The summed E-state index contributed by atoms with van der Waals surface area (Å²) in [5.41, 5.74) is 1.20. The first-order valence-corrected chi connectivity index (χ1v) is 8.05. The molecule has 1 unspecified atom stereocenters. The van der Waals surface area contributed by atoms with E-state index < -0.39 is 0 Å². The average Bonchev–Trinajstić information content (AvgIpc) is 3.14. The highest BCUT2D eigenvalue weighted by atomic mass is 16.5. The lowest BCUT2D eigenvalue weighted by Gasteiger charge is -2.12. The fourth-order valence-electron chi connectivity index (χ4n) is 2.63. The Hall–Kier alpha value is -2.53. The Morgan fingerprint density at radius 2 is 2.00 bits per heavy atom. The fourth-order valence-corrected chi connectivity index (χ4v) is 2.63. The first-order chi connectivity index (χ1) is 11.8. The van der Waals surface area contributed by atoms with E-state index in [2.05, 4.69) is 5.32 Å². The second-order valence-electron chi connectivity index (χ2n) is 5.62. The zero-order chi connectivity index (χ0) is 16.8. The van der Waals surface area contributed by atoms with E-state index in [1.807, 2.05) is 30.3 Å². The van der Waals surface area contributed by atoms with E-state index in [0.29, 0.717) is 23.6 Å². The van der Waals surface area contributed by atoms with Crippen LogP contribution in [0.1, 0.15) is 23.2 Å². The van der Waals surface area contributed by atoms with Crippen LogP contribution in [0.3, 0.4) is 0 Å². The Bertz CT molecular complexity index is 678. The van der Waals surface area contributed by atoms with Crippen LogP contribution in [0.5, 0.6) is 11.5 Å². The molecule has 1 aliphatic rings. The van der Waals surface area contributed by atoms with Crippen molar-refractivity contribution in [2.75, 3.05) is 25.6 Å². The highest BCUT2D eigenvalue weighted by Gasteiger charge is 2.16. The van der Waals surface area contributed by atoms with Gasteiger partial charge in [-0.3, -0.25) is 4.79 Å². The van der Waals surface area contributed by atoms with Crippen molar-refractivity contribution in [3.63, 3.8) is 0 Å². The van der Waals surface area contributed by atoms with Crippen molar-refractivity contribution in [2.24, 2.45) is 0 Å². The highest BCUT2D eigenvalue weighted by molar-refractivity contribution is 6.06. The number of anilines is 1. The van der Waals surface area contributed by atoms with Crippen LogP contribution in [0.2, 0.25) is 0 Å². The molecule has 0 spiro atoms. The number of carbonyl (C=O) groups excluding carboxylic acids is 1. The predicted molar refractivity (Wildman–Crippen MR) is 91.9 cm³/mol. The van der Waals surface area contributed by atoms with Gasteiger partial charge in [0.25, 0.3) is 5.91 Å². The number of amides is 1. The molecule has 1 heterocycles. The lowest BCUT2D eigenvalue weighted by molar-refractivity contribution is 0.0679. The number of carbonyl (C=O) groups is 1. The summed E-state index contributed by atoms with van der Waals surface area (Å²) in [6, 6.07) is 14.4. The van der Waals surface area contributed by atoms with Gasteiger partial charge in [0.2, 0.25) is 0 Å². The van der Waals surface area contributed by atoms with Crippen LogP contribution >= 0.6 is 0 Å². The molecule has 0 aromatic heterocycles. The van der Waals surface area contributed by atoms with Crippen molar-refractivity contribution in [1.29, 1.82) is 0 Å². The quantitative estimate of drug-likeness (QED) is 0.882. The summed E-state index contributed by atoms with van der Waals surface area (Å²) in [6.45, 7) is 1.38. The Morgan fingerprint density at radius 1 is 1.21 bits per heavy atom. The molecule has 5 heteroatoms. The molecule has 1 amide bonds. The minimum Gasteiger partial charge on any atom is -0.496 e. The second kappa shape index (κ2) is 7.84. The maximum atomic E-state index is 12.3. The van der Waals surface area contributed by atoms with Crippen molar-refractivity contribution >= 4 is 11.6 Å². The van der Waals surface area contributed by atoms with Crippen LogP contribution < -0.4 is 14.8 Å². The van der Waals surface area contributed by atoms with Crippen LogP contribution in [0.4, 0.5) is 5.69 Å². The fraction of sp³-hybridized carbons (Fsp3) is 0.316. The summed E-state index contributed by atoms with van der Waals surface area (Å²) in [7, 11) is 1.55. The van der Waals surface area contributed by atoms with Gasteiger partial charge in [-0.05, 0) is 49.2 Å². The van der Waals surface area contributed by atoms with Gasteiger partial charge < -0.3 is 19.5 Å². The van der Waals surface area contributed by atoms with Crippen molar-refractivity contribution in [1.82, 2.24) is 0 Å². The summed E-state index contributed by atoms with van der Waals surface area (Å²) < 4.78 is 16.5. The second-order valence-corrected chi connectivity index (χ2v) is 5.62. The molecule has 1 fully saturated rings. The van der Waals surface area contributed by atoms with Gasteiger partial charge in [0, 0.05) is 12.3 Å². The van der Waals surface area contributed by atoms with Gasteiger partial charge in [0.1, 0.15) is 18.1 Å². The highest BCUT2D eigenvalue weighted by Crippen LogP contribution is 2.21. The van der Waals surface area contributed by atoms with Crippen molar-refractivity contribution in [3.8, 4) is 11.5 Å². The van der Waals surface area contributed by atoms with Gasteiger partial charge in [0.15, 0.2) is 0 Å². The molecule has 24 heavy (non-hydrogen) atoms. The standard InChI is InChI=1S/C19H21NO4/c1-22-18-7-3-2-6-17(18)19(21)20-14-8-10-15(11-9-14)24-13-16-5-4-12-23-16/h2-3,6-11,16H,4-5,12-13H2,1H3,(H,20,21). The molecular weight excluding hydrogens is 306 g/mol. The molecule has 126 valence electrons. The minimum absolute atomic E-state index is 0.190. The first kappa shape index (κ1) is 16.3. The van der Waals surface area contributed by atoms with Crippen LogP contribution in [0.25, 0.3) is 0 Å². The molecule has 0 bridgehead atoms. The number of nitrogens with one attached hydrogen (secondary N) is 1. The largest absolute Gasteiger partial charge is 0.496 e. The average molecular weight is 327 g/mol. The molecule has 1 N–H and O–H groups in total. The maximum absolute atomic E-state index is 12.3. The van der Waals surface area contributed by atoms with Gasteiger partial charge in [-0.25, -0.2) is 0 Å².